The summed E-state index contributed by atoms with van der Waals surface area (Å²) < 4.78 is 12.8. The van der Waals surface area contributed by atoms with Gasteiger partial charge in [-0.05, 0) is 35.4 Å². The van der Waals surface area contributed by atoms with Crippen LogP contribution < -0.4 is 9.47 Å². The van der Waals surface area contributed by atoms with Crippen LogP contribution in [0.5, 0.6) is 11.5 Å². The highest BCUT2D eigenvalue weighted by Crippen LogP contribution is 2.44. The summed E-state index contributed by atoms with van der Waals surface area (Å²) in [5.41, 5.74) is 7.84. The molecule has 1 aliphatic rings. The van der Waals surface area contributed by atoms with Gasteiger partial charge in [0.2, 0.25) is 0 Å². The molecule has 144 valence electrons. The fraction of sp³-hybridized carbons (Fsp3) is 0.125. The van der Waals surface area contributed by atoms with Crippen LogP contribution in [-0.4, -0.2) is 17.3 Å². The number of methoxy groups -OCH3 is 1. The Morgan fingerprint density at radius 1 is 1.00 bits per heavy atom. The second kappa shape index (κ2) is 7.41. The SMILES string of the molecule is COc1cc2c(cc1OCc1ccccc1)Cc1c(-c3ccc(Br)cc3)n[nH]c1-2. The van der Waals surface area contributed by atoms with Crippen LogP contribution in [0.4, 0.5) is 0 Å². The van der Waals surface area contributed by atoms with Crippen LogP contribution >= 0.6 is 15.9 Å². The van der Waals surface area contributed by atoms with Crippen molar-refractivity contribution in [2.24, 2.45) is 0 Å². The van der Waals surface area contributed by atoms with E-state index in [9.17, 15) is 0 Å². The van der Waals surface area contributed by atoms with E-state index >= 15 is 0 Å². The van der Waals surface area contributed by atoms with Gasteiger partial charge in [-0.2, -0.15) is 5.10 Å². The first-order valence-corrected chi connectivity index (χ1v) is 10.2. The minimum atomic E-state index is 0.507. The molecule has 1 aliphatic carbocycles. The lowest BCUT2D eigenvalue weighted by Gasteiger charge is -2.13. The van der Waals surface area contributed by atoms with Gasteiger partial charge in [-0.1, -0.05) is 58.4 Å². The van der Waals surface area contributed by atoms with Crippen molar-refractivity contribution in [1.82, 2.24) is 10.2 Å². The Morgan fingerprint density at radius 3 is 2.55 bits per heavy atom. The molecule has 0 fully saturated rings. The molecular weight excluding hydrogens is 428 g/mol. The molecule has 3 aromatic carbocycles. The Balaban J connectivity index is 1.47. The summed E-state index contributed by atoms with van der Waals surface area (Å²) in [6.45, 7) is 0.507. The third-order valence-corrected chi connectivity index (χ3v) is 5.78. The Hall–Kier alpha value is -3.05. The highest BCUT2D eigenvalue weighted by atomic mass is 79.9. The van der Waals surface area contributed by atoms with Gasteiger partial charge >= 0.3 is 0 Å². The lowest BCUT2D eigenvalue weighted by atomic mass is 10.1. The van der Waals surface area contributed by atoms with Crippen molar-refractivity contribution in [3.63, 3.8) is 0 Å². The van der Waals surface area contributed by atoms with Crippen LogP contribution in [0, 0.1) is 0 Å². The number of nitrogens with one attached hydrogen (secondary N) is 1. The molecule has 4 nitrogen and oxygen atoms in total. The molecule has 0 saturated heterocycles. The van der Waals surface area contributed by atoms with Gasteiger partial charge < -0.3 is 9.47 Å². The second-order valence-corrected chi connectivity index (χ2v) is 7.96. The molecule has 5 rings (SSSR count). The van der Waals surface area contributed by atoms with Gasteiger partial charge in [-0.25, -0.2) is 0 Å². The van der Waals surface area contributed by atoms with Gasteiger partial charge in [0.25, 0.3) is 0 Å². The number of nitrogens with zero attached hydrogens (tertiary/aromatic N) is 1. The largest absolute Gasteiger partial charge is 0.493 e. The van der Waals surface area contributed by atoms with Crippen LogP contribution in [0.2, 0.25) is 0 Å². The molecule has 1 heterocycles. The van der Waals surface area contributed by atoms with E-state index in [4.69, 9.17) is 9.47 Å². The highest BCUT2D eigenvalue weighted by molar-refractivity contribution is 9.10. The molecule has 29 heavy (non-hydrogen) atoms. The van der Waals surface area contributed by atoms with Crippen LogP contribution in [-0.2, 0) is 13.0 Å². The van der Waals surface area contributed by atoms with E-state index in [0.717, 1.165) is 50.5 Å². The number of aromatic nitrogens is 2. The predicted octanol–water partition coefficient (Wildman–Crippen LogP) is 6.00. The van der Waals surface area contributed by atoms with Crippen molar-refractivity contribution in [1.29, 1.82) is 0 Å². The molecular formula is C24H19BrN2O2. The second-order valence-electron chi connectivity index (χ2n) is 7.04. The number of aromatic amines is 1. The van der Waals surface area contributed by atoms with Crippen molar-refractivity contribution in [2.45, 2.75) is 13.0 Å². The smallest absolute Gasteiger partial charge is 0.161 e. The van der Waals surface area contributed by atoms with E-state index in [1.807, 2.05) is 36.4 Å². The monoisotopic (exact) mass is 446 g/mol. The van der Waals surface area contributed by atoms with E-state index in [-0.39, 0.29) is 0 Å². The third-order valence-electron chi connectivity index (χ3n) is 5.25. The molecule has 0 atom stereocenters. The summed E-state index contributed by atoms with van der Waals surface area (Å²) >= 11 is 3.49. The maximum Gasteiger partial charge on any atom is 0.161 e. The first-order valence-electron chi connectivity index (χ1n) is 9.44. The Labute approximate surface area is 177 Å². The lowest BCUT2D eigenvalue weighted by molar-refractivity contribution is 0.284. The van der Waals surface area contributed by atoms with Crippen molar-refractivity contribution < 1.29 is 9.47 Å². The van der Waals surface area contributed by atoms with Crippen molar-refractivity contribution in [2.75, 3.05) is 7.11 Å². The summed E-state index contributed by atoms with van der Waals surface area (Å²) in [5.74, 6) is 1.49. The number of rotatable bonds is 5. The molecule has 4 aromatic rings. The van der Waals surface area contributed by atoms with Crippen molar-refractivity contribution in [3.8, 4) is 34.0 Å². The van der Waals surface area contributed by atoms with Crippen LogP contribution in [0.1, 0.15) is 16.7 Å². The van der Waals surface area contributed by atoms with E-state index in [1.54, 1.807) is 7.11 Å². The zero-order valence-corrected chi connectivity index (χ0v) is 17.5. The number of fused-ring (bicyclic) bond motifs is 3. The van der Waals surface area contributed by atoms with E-state index in [2.05, 4.69) is 56.5 Å². The standard InChI is InChI=1S/C24H19BrN2O2/c1-28-21-13-19-17(12-22(21)29-14-15-5-3-2-4-6-15)11-20-23(26-27-24(19)20)16-7-9-18(25)10-8-16/h2-10,12-13H,11,14H2,1H3,(H,26,27). The topological polar surface area (TPSA) is 47.1 Å². The molecule has 0 amide bonds. The first kappa shape index (κ1) is 18.0. The van der Waals surface area contributed by atoms with Crippen LogP contribution in [0.15, 0.2) is 71.2 Å². The summed E-state index contributed by atoms with van der Waals surface area (Å²) in [6, 6.07) is 22.5. The maximum atomic E-state index is 6.09. The molecule has 0 saturated carbocycles. The third kappa shape index (κ3) is 3.32. The number of benzene rings is 3. The molecule has 0 aliphatic heterocycles. The molecule has 1 aromatic heterocycles. The van der Waals surface area contributed by atoms with Gasteiger partial charge in [0.05, 0.1) is 18.5 Å². The molecule has 0 radical (unpaired) electrons. The summed E-state index contributed by atoms with van der Waals surface area (Å²) in [4.78, 5) is 0. The van der Waals surface area contributed by atoms with Crippen molar-refractivity contribution in [3.05, 3.63) is 87.9 Å². The van der Waals surface area contributed by atoms with Gasteiger partial charge in [0.15, 0.2) is 11.5 Å². The number of hydrogen-bond acceptors (Lipinski definition) is 3. The fourth-order valence-corrected chi connectivity index (χ4v) is 4.05. The minimum absolute atomic E-state index is 0.507. The quantitative estimate of drug-likeness (QED) is 0.360. The summed E-state index contributed by atoms with van der Waals surface area (Å²) in [7, 11) is 1.67. The zero-order valence-electron chi connectivity index (χ0n) is 15.9. The highest BCUT2D eigenvalue weighted by Gasteiger charge is 2.27. The molecule has 0 spiro atoms. The summed E-state index contributed by atoms with van der Waals surface area (Å²) in [6.07, 6.45) is 0.818. The molecule has 0 unspecified atom stereocenters. The maximum absolute atomic E-state index is 6.09. The van der Waals surface area contributed by atoms with Crippen molar-refractivity contribution >= 4 is 15.9 Å². The Bertz CT molecular complexity index is 1170. The van der Waals surface area contributed by atoms with Gasteiger partial charge in [0.1, 0.15) is 6.61 Å². The number of hydrogen-bond donors (Lipinski definition) is 1. The van der Waals surface area contributed by atoms with Gasteiger partial charge in [-0.15, -0.1) is 0 Å². The fourth-order valence-electron chi connectivity index (χ4n) is 3.79. The predicted molar refractivity (Wildman–Crippen MR) is 117 cm³/mol. The van der Waals surface area contributed by atoms with E-state index in [1.165, 1.54) is 11.1 Å². The zero-order chi connectivity index (χ0) is 19.8. The Kier molecular flexibility index (Phi) is 4.60. The first-order chi connectivity index (χ1) is 14.2. The number of halogens is 1. The van der Waals surface area contributed by atoms with Crippen LogP contribution in [0.3, 0.4) is 0 Å². The average molecular weight is 447 g/mol. The average Bonchev–Trinajstić information content (AvgIpc) is 3.32. The minimum Gasteiger partial charge on any atom is -0.493 e. The molecule has 0 bridgehead atoms. The van der Waals surface area contributed by atoms with E-state index in [0.29, 0.717) is 6.61 Å². The van der Waals surface area contributed by atoms with Gasteiger partial charge in [0, 0.05) is 27.6 Å². The normalized spacial score (nSPS) is 11.8. The molecule has 1 N–H and O–H groups in total. The number of H-pyrrole nitrogens is 1. The summed E-state index contributed by atoms with van der Waals surface area (Å²) in [5, 5.41) is 7.80. The number of ether oxygens (including phenoxy) is 2. The molecule has 5 heteroatoms. The van der Waals surface area contributed by atoms with Gasteiger partial charge in [-0.3, -0.25) is 5.10 Å². The van der Waals surface area contributed by atoms with E-state index < -0.39 is 0 Å². The lowest BCUT2D eigenvalue weighted by Crippen LogP contribution is -1.99. The Morgan fingerprint density at radius 2 is 1.79 bits per heavy atom. The van der Waals surface area contributed by atoms with Crippen LogP contribution in [0.25, 0.3) is 22.5 Å².